The zero-order valence-electron chi connectivity index (χ0n) is 5.95. The lowest BCUT2D eigenvalue weighted by Gasteiger charge is -2.10. The Balaban J connectivity index is 0.000000605. The molecule has 0 saturated carbocycles. The van der Waals surface area contributed by atoms with Gasteiger partial charge in [0.2, 0.25) is 0 Å². The summed E-state index contributed by atoms with van der Waals surface area (Å²) < 4.78 is 7.40. The first kappa shape index (κ1) is 8.05. The summed E-state index contributed by atoms with van der Waals surface area (Å²) in [6.45, 7) is 2.04. The SMILES string of the molecule is C.CC1OC=CC2=[N+]1C=CC2. The number of hydrogen-bond donors (Lipinski definition) is 0. The average Bonchev–Trinajstić information content (AvgIpc) is 2.36. The quantitative estimate of drug-likeness (QED) is 0.483. The van der Waals surface area contributed by atoms with Gasteiger partial charge >= 0.3 is 0 Å². The highest BCUT2D eigenvalue weighted by atomic mass is 16.5. The van der Waals surface area contributed by atoms with Crippen molar-refractivity contribution in [2.75, 3.05) is 0 Å². The molecule has 0 spiro atoms. The molecule has 0 aromatic heterocycles. The van der Waals surface area contributed by atoms with E-state index in [-0.39, 0.29) is 13.7 Å². The van der Waals surface area contributed by atoms with Crippen molar-refractivity contribution in [3.8, 4) is 0 Å². The Morgan fingerprint density at radius 1 is 1.64 bits per heavy atom. The van der Waals surface area contributed by atoms with Crippen molar-refractivity contribution in [1.29, 1.82) is 0 Å². The molecular weight excluding hydrogens is 138 g/mol. The standard InChI is InChI=1S/C8H10NO.CH4/c1-7-9-5-2-3-8(9)4-6-10-7;/h2,4-7H,3H2,1H3;1H4/q+1;. The van der Waals surface area contributed by atoms with Crippen LogP contribution in [0.2, 0.25) is 0 Å². The van der Waals surface area contributed by atoms with Crippen molar-refractivity contribution in [3.05, 3.63) is 24.6 Å². The zero-order valence-corrected chi connectivity index (χ0v) is 5.95. The van der Waals surface area contributed by atoms with E-state index in [1.54, 1.807) is 6.26 Å². The van der Waals surface area contributed by atoms with E-state index in [4.69, 9.17) is 4.74 Å². The van der Waals surface area contributed by atoms with E-state index < -0.39 is 0 Å². The van der Waals surface area contributed by atoms with Crippen LogP contribution < -0.4 is 0 Å². The van der Waals surface area contributed by atoms with Crippen LogP contribution in [0.3, 0.4) is 0 Å². The molecule has 2 heterocycles. The molecule has 1 atom stereocenters. The topological polar surface area (TPSA) is 12.2 Å². The lowest BCUT2D eigenvalue weighted by atomic mass is 10.3. The molecule has 2 heteroatoms. The van der Waals surface area contributed by atoms with Gasteiger partial charge in [-0.1, -0.05) is 7.43 Å². The number of allylic oxidation sites excluding steroid dienone is 2. The van der Waals surface area contributed by atoms with Gasteiger partial charge < -0.3 is 4.74 Å². The maximum atomic E-state index is 5.26. The predicted octanol–water partition coefficient (Wildman–Crippen LogP) is 1.88. The van der Waals surface area contributed by atoms with Gasteiger partial charge in [-0.15, -0.1) is 0 Å². The van der Waals surface area contributed by atoms with Crippen LogP contribution in [0.1, 0.15) is 20.8 Å². The monoisotopic (exact) mass is 152 g/mol. The summed E-state index contributed by atoms with van der Waals surface area (Å²) in [7, 11) is 0. The molecule has 0 aromatic rings. The largest absolute Gasteiger partial charge is 0.441 e. The van der Waals surface area contributed by atoms with Crippen molar-refractivity contribution in [1.82, 2.24) is 0 Å². The minimum absolute atomic E-state index is 0. The van der Waals surface area contributed by atoms with E-state index in [0.29, 0.717) is 0 Å². The molecule has 2 rings (SSSR count). The van der Waals surface area contributed by atoms with Crippen LogP contribution in [0.25, 0.3) is 0 Å². The molecule has 1 unspecified atom stereocenters. The van der Waals surface area contributed by atoms with E-state index in [2.05, 4.69) is 16.9 Å². The predicted molar refractivity (Wildman–Crippen MR) is 45.4 cm³/mol. The third-order valence-corrected chi connectivity index (χ3v) is 1.85. The first-order valence-electron chi connectivity index (χ1n) is 3.51. The second-order valence-electron chi connectivity index (χ2n) is 2.53. The summed E-state index contributed by atoms with van der Waals surface area (Å²) in [5.41, 5.74) is 1.33. The Bertz CT molecular complexity index is 238. The summed E-state index contributed by atoms with van der Waals surface area (Å²) in [6, 6.07) is 0. The molecule has 0 aromatic carbocycles. The van der Waals surface area contributed by atoms with Crippen LogP contribution >= 0.6 is 0 Å². The van der Waals surface area contributed by atoms with E-state index >= 15 is 0 Å². The van der Waals surface area contributed by atoms with Crippen molar-refractivity contribution in [3.63, 3.8) is 0 Å². The second kappa shape index (κ2) is 2.91. The summed E-state index contributed by atoms with van der Waals surface area (Å²) in [5.74, 6) is 0. The second-order valence-corrected chi connectivity index (χ2v) is 2.53. The number of nitrogens with zero attached hydrogens (tertiary/aromatic N) is 1. The van der Waals surface area contributed by atoms with Gasteiger partial charge in [-0.25, -0.2) is 0 Å². The van der Waals surface area contributed by atoms with Gasteiger partial charge in [0.25, 0.3) is 6.23 Å². The van der Waals surface area contributed by atoms with Gasteiger partial charge in [0.15, 0.2) is 11.9 Å². The summed E-state index contributed by atoms with van der Waals surface area (Å²) >= 11 is 0. The molecule has 0 saturated heterocycles. The number of ether oxygens (including phenoxy) is 1. The molecule has 2 aliphatic rings. The van der Waals surface area contributed by atoms with Gasteiger partial charge in [0, 0.05) is 13.0 Å². The van der Waals surface area contributed by atoms with Crippen LogP contribution in [-0.2, 0) is 4.74 Å². The molecule has 60 valence electrons. The van der Waals surface area contributed by atoms with Crippen LogP contribution in [0, 0.1) is 0 Å². The van der Waals surface area contributed by atoms with Gasteiger partial charge in [0.1, 0.15) is 0 Å². The van der Waals surface area contributed by atoms with Crippen LogP contribution in [0.4, 0.5) is 0 Å². The minimum atomic E-state index is 0. The fourth-order valence-corrected chi connectivity index (χ4v) is 1.29. The first-order valence-corrected chi connectivity index (χ1v) is 3.51. The van der Waals surface area contributed by atoms with Gasteiger partial charge in [-0.2, -0.15) is 4.58 Å². The smallest absolute Gasteiger partial charge is 0.298 e. The fraction of sp³-hybridized carbons (Fsp3) is 0.444. The fourth-order valence-electron chi connectivity index (χ4n) is 1.29. The van der Waals surface area contributed by atoms with Gasteiger partial charge in [-0.3, -0.25) is 0 Å². The van der Waals surface area contributed by atoms with Crippen LogP contribution in [0.5, 0.6) is 0 Å². The highest BCUT2D eigenvalue weighted by Gasteiger charge is 2.24. The van der Waals surface area contributed by atoms with E-state index in [9.17, 15) is 0 Å². The molecule has 0 bridgehead atoms. The maximum Gasteiger partial charge on any atom is 0.298 e. The minimum Gasteiger partial charge on any atom is -0.441 e. The summed E-state index contributed by atoms with van der Waals surface area (Å²) in [6.07, 6.45) is 9.22. The highest BCUT2D eigenvalue weighted by Crippen LogP contribution is 2.11. The molecule has 0 amide bonds. The molecule has 2 nitrogen and oxygen atoms in total. The molecule has 0 fully saturated rings. The van der Waals surface area contributed by atoms with Crippen molar-refractivity contribution < 1.29 is 9.31 Å². The van der Waals surface area contributed by atoms with Crippen molar-refractivity contribution >= 4 is 5.71 Å². The lowest BCUT2D eigenvalue weighted by molar-refractivity contribution is -0.545. The molecule has 2 aliphatic heterocycles. The van der Waals surface area contributed by atoms with E-state index in [1.807, 2.05) is 13.0 Å². The van der Waals surface area contributed by atoms with Crippen LogP contribution in [0.15, 0.2) is 24.6 Å². The molecule has 0 radical (unpaired) electrons. The van der Waals surface area contributed by atoms with Crippen molar-refractivity contribution in [2.24, 2.45) is 0 Å². The lowest BCUT2D eigenvalue weighted by Crippen LogP contribution is -2.26. The Morgan fingerprint density at radius 3 is 3.18 bits per heavy atom. The molecule has 0 N–H and O–H groups in total. The molecule has 11 heavy (non-hydrogen) atoms. The Labute approximate surface area is 67.5 Å². The Kier molecular flexibility index (Phi) is 2.13. The highest BCUT2D eigenvalue weighted by molar-refractivity contribution is 5.93. The normalized spacial score (nSPS) is 26.1. The van der Waals surface area contributed by atoms with Gasteiger partial charge in [-0.05, 0) is 6.08 Å². The zero-order chi connectivity index (χ0) is 6.97. The van der Waals surface area contributed by atoms with Crippen molar-refractivity contribution in [2.45, 2.75) is 27.0 Å². The molecular formula is C9H14NO+. The first-order chi connectivity index (χ1) is 4.88. The Morgan fingerprint density at radius 2 is 2.45 bits per heavy atom. The van der Waals surface area contributed by atoms with Crippen LogP contribution in [-0.4, -0.2) is 16.5 Å². The van der Waals surface area contributed by atoms with E-state index in [1.165, 1.54) is 5.71 Å². The molecule has 0 aliphatic carbocycles. The third kappa shape index (κ3) is 1.20. The van der Waals surface area contributed by atoms with E-state index in [0.717, 1.165) is 6.42 Å². The summed E-state index contributed by atoms with van der Waals surface area (Å²) in [4.78, 5) is 0. The third-order valence-electron chi connectivity index (χ3n) is 1.85. The summed E-state index contributed by atoms with van der Waals surface area (Å²) in [5, 5.41) is 0. The maximum absolute atomic E-state index is 5.26. The number of hydrogen-bond acceptors (Lipinski definition) is 1. The average molecular weight is 152 g/mol. The Hall–Kier alpha value is -1.05. The number of rotatable bonds is 0. The van der Waals surface area contributed by atoms with Gasteiger partial charge in [0.05, 0.1) is 12.7 Å².